The van der Waals surface area contributed by atoms with Crippen molar-refractivity contribution >= 4 is 29.1 Å². The van der Waals surface area contributed by atoms with E-state index in [1.54, 1.807) is 29.8 Å². The van der Waals surface area contributed by atoms with Crippen molar-refractivity contribution in [3.63, 3.8) is 0 Å². The van der Waals surface area contributed by atoms with Crippen molar-refractivity contribution in [1.82, 2.24) is 9.78 Å². The number of nitrogens with one attached hydrogen (secondary N) is 1. The number of fused-ring (bicyclic) bond motifs is 1. The highest BCUT2D eigenvalue weighted by Gasteiger charge is 2.36. The molecule has 2 heterocycles. The molecule has 0 aliphatic carbocycles. The molecule has 0 saturated carbocycles. The van der Waals surface area contributed by atoms with E-state index < -0.39 is 11.7 Å². The average Bonchev–Trinajstić information content (AvgIpc) is 2.97. The largest absolute Gasteiger partial charge is 0.310 e. The zero-order valence-electron chi connectivity index (χ0n) is 14.4. The van der Waals surface area contributed by atoms with Gasteiger partial charge in [0.05, 0.1) is 17.3 Å². The standard InChI is InChI=1S/C20H15ClFN3O2/c1-11-18-16(19(27)12-5-7-14(22)8-6-12)10-17(26)23-20(18)25(24-11)15-4-2-3-13(21)9-15/h2-9,16H,10H2,1H3,(H,23,26). The summed E-state index contributed by atoms with van der Waals surface area (Å²) in [4.78, 5) is 25.3. The third-order valence-electron chi connectivity index (χ3n) is 4.60. The molecule has 5 nitrogen and oxygen atoms in total. The Hall–Kier alpha value is -2.99. The van der Waals surface area contributed by atoms with Crippen molar-refractivity contribution in [3.8, 4) is 5.69 Å². The summed E-state index contributed by atoms with van der Waals surface area (Å²) in [5.74, 6) is -1.14. The Balaban J connectivity index is 1.82. The van der Waals surface area contributed by atoms with Gasteiger partial charge in [0.1, 0.15) is 11.6 Å². The molecular formula is C20H15ClFN3O2. The molecule has 1 aliphatic heterocycles. The van der Waals surface area contributed by atoms with Gasteiger partial charge in [-0.05, 0) is 49.4 Å². The SMILES string of the molecule is Cc1nn(-c2cccc(Cl)c2)c2c1C(C(=O)c1ccc(F)cc1)CC(=O)N2. The summed E-state index contributed by atoms with van der Waals surface area (Å²) in [6.07, 6.45) is 0.0191. The molecule has 0 fully saturated rings. The van der Waals surface area contributed by atoms with Crippen LogP contribution in [0, 0.1) is 12.7 Å². The number of aryl methyl sites for hydroxylation is 1. The van der Waals surface area contributed by atoms with Gasteiger partial charge in [0.2, 0.25) is 5.91 Å². The number of hydrogen-bond donors (Lipinski definition) is 1. The molecule has 0 bridgehead atoms. The Morgan fingerprint density at radius 3 is 2.70 bits per heavy atom. The minimum absolute atomic E-state index is 0.0191. The summed E-state index contributed by atoms with van der Waals surface area (Å²) in [5, 5.41) is 7.87. The first-order chi connectivity index (χ1) is 12.9. The predicted octanol–water partition coefficient (Wildman–Crippen LogP) is 4.28. The maximum Gasteiger partial charge on any atom is 0.226 e. The summed E-state index contributed by atoms with van der Waals surface area (Å²) < 4.78 is 14.8. The molecule has 1 unspecified atom stereocenters. The summed E-state index contributed by atoms with van der Waals surface area (Å²) in [6, 6.07) is 12.4. The van der Waals surface area contributed by atoms with E-state index in [2.05, 4.69) is 10.4 Å². The molecule has 136 valence electrons. The van der Waals surface area contributed by atoms with Gasteiger partial charge in [0, 0.05) is 22.6 Å². The van der Waals surface area contributed by atoms with Crippen LogP contribution in [0.1, 0.15) is 34.0 Å². The molecule has 0 spiro atoms. The number of Topliss-reactive ketones (excluding diaryl/α,β-unsaturated/α-hetero) is 1. The molecule has 1 aliphatic rings. The number of aromatic nitrogens is 2. The fourth-order valence-corrected chi connectivity index (χ4v) is 3.57. The monoisotopic (exact) mass is 383 g/mol. The second kappa shape index (κ2) is 6.63. The summed E-state index contributed by atoms with van der Waals surface area (Å²) in [7, 11) is 0. The Labute approximate surface area is 159 Å². The molecule has 0 radical (unpaired) electrons. The van der Waals surface area contributed by atoms with Gasteiger partial charge in [-0.25, -0.2) is 9.07 Å². The lowest BCUT2D eigenvalue weighted by Gasteiger charge is -2.23. The highest BCUT2D eigenvalue weighted by molar-refractivity contribution is 6.30. The van der Waals surface area contributed by atoms with Crippen LogP contribution in [0.3, 0.4) is 0 Å². The van der Waals surface area contributed by atoms with E-state index in [0.29, 0.717) is 33.3 Å². The third kappa shape index (κ3) is 3.13. The van der Waals surface area contributed by atoms with Crippen LogP contribution in [0.2, 0.25) is 5.02 Å². The van der Waals surface area contributed by atoms with Crippen molar-refractivity contribution < 1.29 is 14.0 Å². The summed E-state index contributed by atoms with van der Waals surface area (Å²) in [5.41, 5.74) is 2.35. The van der Waals surface area contributed by atoms with E-state index in [9.17, 15) is 14.0 Å². The lowest BCUT2D eigenvalue weighted by Crippen LogP contribution is -2.28. The molecule has 1 atom stereocenters. The van der Waals surface area contributed by atoms with Gasteiger partial charge in [0.15, 0.2) is 5.78 Å². The van der Waals surface area contributed by atoms with Gasteiger partial charge < -0.3 is 5.32 Å². The first-order valence-electron chi connectivity index (χ1n) is 8.39. The Bertz CT molecular complexity index is 1060. The van der Waals surface area contributed by atoms with Gasteiger partial charge in [0.25, 0.3) is 0 Å². The maximum atomic E-state index is 13.2. The predicted molar refractivity (Wildman–Crippen MR) is 100 cm³/mol. The van der Waals surface area contributed by atoms with Gasteiger partial charge >= 0.3 is 0 Å². The molecule has 1 N–H and O–H groups in total. The lowest BCUT2D eigenvalue weighted by molar-refractivity contribution is -0.116. The lowest BCUT2D eigenvalue weighted by atomic mass is 9.85. The molecule has 4 rings (SSSR count). The highest BCUT2D eigenvalue weighted by Crippen LogP contribution is 2.38. The molecular weight excluding hydrogens is 369 g/mol. The fourth-order valence-electron chi connectivity index (χ4n) is 3.38. The first kappa shape index (κ1) is 17.4. The van der Waals surface area contributed by atoms with Crippen LogP contribution in [-0.2, 0) is 4.79 Å². The minimum atomic E-state index is -0.674. The van der Waals surface area contributed by atoms with Crippen LogP contribution in [0.25, 0.3) is 5.69 Å². The van der Waals surface area contributed by atoms with E-state index >= 15 is 0 Å². The number of amides is 1. The molecule has 1 aromatic heterocycles. The minimum Gasteiger partial charge on any atom is -0.310 e. The number of anilines is 1. The fraction of sp³-hybridized carbons (Fsp3) is 0.150. The van der Waals surface area contributed by atoms with Gasteiger partial charge in [-0.3, -0.25) is 9.59 Å². The topological polar surface area (TPSA) is 64.0 Å². The van der Waals surface area contributed by atoms with Crippen molar-refractivity contribution in [3.05, 3.63) is 76.2 Å². The molecule has 7 heteroatoms. The Kier molecular flexibility index (Phi) is 4.28. The van der Waals surface area contributed by atoms with Crippen LogP contribution in [-0.4, -0.2) is 21.5 Å². The van der Waals surface area contributed by atoms with Gasteiger partial charge in [-0.15, -0.1) is 0 Å². The van der Waals surface area contributed by atoms with Crippen LogP contribution < -0.4 is 5.32 Å². The van der Waals surface area contributed by atoms with Crippen molar-refractivity contribution in [1.29, 1.82) is 0 Å². The number of carbonyl (C=O) groups excluding carboxylic acids is 2. The van der Waals surface area contributed by atoms with E-state index in [4.69, 9.17) is 11.6 Å². The normalized spacial score (nSPS) is 16.0. The number of benzene rings is 2. The molecule has 1 amide bonds. The third-order valence-corrected chi connectivity index (χ3v) is 4.84. The molecule has 0 saturated heterocycles. The maximum absolute atomic E-state index is 13.2. The van der Waals surface area contributed by atoms with Gasteiger partial charge in [-0.2, -0.15) is 5.10 Å². The first-order valence-corrected chi connectivity index (χ1v) is 8.77. The van der Waals surface area contributed by atoms with Crippen molar-refractivity contribution in [2.45, 2.75) is 19.3 Å². The van der Waals surface area contributed by atoms with E-state index in [1.165, 1.54) is 24.3 Å². The highest BCUT2D eigenvalue weighted by atomic mass is 35.5. The van der Waals surface area contributed by atoms with E-state index in [1.807, 2.05) is 6.07 Å². The number of ketones is 1. The zero-order valence-corrected chi connectivity index (χ0v) is 15.1. The summed E-state index contributed by atoms with van der Waals surface area (Å²) in [6.45, 7) is 1.79. The van der Waals surface area contributed by atoms with Crippen LogP contribution in [0.5, 0.6) is 0 Å². The second-order valence-corrected chi connectivity index (χ2v) is 6.85. The molecule has 3 aromatic rings. The Morgan fingerprint density at radius 1 is 1.26 bits per heavy atom. The zero-order chi connectivity index (χ0) is 19.1. The average molecular weight is 384 g/mol. The quantitative estimate of drug-likeness (QED) is 0.686. The number of halogens is 2. The van der Waals surface area contributed by atoms with Gasteiger partial charge in [-0.1, -0.05) is 17.7 Å². The second-order valence-electron chi connectivity index (χ2n) is 6.42. The van der Waals surface area contributed by atoms with Crippen molar-refractivity contribution in [2.24, 2.45) is 0 Å². The van der Waals surface area contributed by atoms with E-state index in [-0.39, 0.29) is 18.1 Å². The molecule has 2 aromatic carbocycles. The summed E-state index contributed by atoms with van der Waals surface area (Å²) >= 11 is 6.07. The Morgan fingerprint density at radius 2 is 2.00 bits per heavy atom. The van der Waals surface area contributed by atoms with E-state index in [0.717, 1.165) is 0 Å². The van der Waals surface area contributed by atoms with Crippen LogP contribution >= 0.6 is 11.6 Å². The number of carbonyl (C=O) groups is 2. The van der Waals surface area contributed by atoms with Crippen LogP contribution in [0.4, 0.5) is 10.2 Å². The number of nitrogens with zero attached hydrogens (tertiary/aromatic N) is 2. The van der Waals surface area contributed by atoms with Crippen molar-refractivity contribution in [2.75, 3.05) is 5.32 Å². The number of rotatable bonds is 3. The molecule has 27 heavy (non-hydrogen) atoms. The van der Waals surface area contributed by atoms with Crippen LogP contribution in [0.15, 0.2) is 48.5 Å². The number of hydrogen-bond acceptors (Lipinski definition) is 3. The smallest absolute Gasteiger partial charge is 0.226 e.